The number of aromatic nitrogens is 5. The Morgan fingerprint density at radius 2 is 1.70 bits per heavy atom. The SMILES string of the molecule is CCNc1nc(NCC)n2c(SCC(=O)Nc3ccc(N4CCCCCC4)cc3)nnc2n1. The average Bonchev–Trinajstić information content (AvgIpc) is 3.03. The Balaban J connectivity index is 1.38. The van der Waals surface area contributed by atoms with Crippen molar-refractivity contribution in [2.24, 2.45) is 0 Å². The molecule has 0 bridgehead atoms. The number of thioether (sulfide) groups is 1. The molecule has 0 unspecified atom stereocenters. The predicted octanol–water partition coefficient (Wildman–Crippen LogP) is 3.49. The molecule has 1 amide bonds. The first-order valence-electron chi connectivity index (χ1n) is 11.6. The number of hydrogen-bond donors (Lipinski definition) is 3. The highest BCUT2D eigenvalue weighted by atomic mass is 32.2. The minimum Gasteiger partial charge on any atom is -0.372 e. The van der Waals surface area contributed by atoms with Gasteiger partial charge in [-0.05, 0) is 51.0 Å². The van der Waals surface area contributed by atoms with E-state index in [1.165, 1.54) is 43.1 Å². The van der Waals surface area contributed by atoms with Gasteiger partial charge in [0.05, 0.1) is 5.75 Å². The van der Waals surface area contributed by atoms with Crippen LogP contribution in [-0.4, -0.2) is 62.4 Å². The summed E-state index contributed by atoms with van der Waals surface area (Å²) in [6, 6.07) is 8.10. The Morgan fingerprint density at radius 3 is 2.39 bits per heavy atom. The standard InChI is InChI=1S/C22H31N9OS/c1-3-23-19-26-20(24-4-2)31-21(27-19)28-29-22(31)33-15-18(32)25-16-9-11-17(12-10-16)30-13-7-5-6-8-14-30/h9-12H,3-8,13-15H2,1-2H3,(H,25,32)(H2,23,24,26,27,28). The van der Waals surface area contributed by atoms with Gasteiger partial charge in [-0.25, -0.2) is 4.40 Å². The van der Waals surface area contributed by atoms with Gasteiger partial charge in [0, 0.05) is 37.6 Å². The molecule has 10 nitrogen and oxygen atoms in total. The fourth-order valence-corrected chi connectivity index (χ4v) is 4.54. The Morgan fingerprint density at radius 1 is 0.970 bits per heavy atom. The fourth-order valence-electron chi connectivity index (χ4n) is 3.81. The summed E-state index contributed by atoms with van der Waals surface area (Å²) in [5.74, 6) is 1.62. The van der Waals surface area contributed by atoms with Gasteiger partial charge in [0.2, 0.25) is 17.8 Å². The summed E-state index contributed by atoms with van der Waals surface area (Å²) in [7, 11) is 0. The highest BCUT2D eigenvalue weighted by Gasteiger charge is 2.16. The van der Waals surface area contributed by atoms with Crippen molar-refractivity contribution in [3.05, 3.63) is 24.3 Å². The third kappa shape index (κ3) is 5.84. The summed E-state index contributed by atoms with van der Waals surface area (Å²) in [5.41, 5.74) is 2.00. The van der Waals surface area contributed by atoms with Crippen molar-refractivity contribution < 1.29 is 4.79 Å². The molecule has 33 heavy (non-hydrogen) atoms. The molecule has 1 aromatic carbocycles. The molecular formula is C22H31N9OS. The van der Waals surface area contributed by atoms with Gasteiger partial charge in [-0.1, -0.05) is 24.6 Å². The number of amides is 1. The van der Waals surface area contributed by atoms with Crippen molar-refractivity contribution in [2.45, 2.75) is 44.7 Å². The van der Waals surface area contributed by atoms with Crippen molar-refractivity contribution in [3.8, 4) is 0 Å². The first-order chi connectivity index (χ1) is 16.2. The van der Waals surface area contributed by atoms with Gasteiger partial charge in [-0.15, -0.1) is 10.2 Å². The average molecular weight is 470 g/mol. The smallest absolute Gasteiger partial charge is 0.261 e. The zero-order chi connectivity index (χ0) is 23.0. The number of carbonyl (C=O) groups is 1. The predicted molar refractivity (Wildman–Crippen MR) is 133 cm³/mol. The van der Waals surface area contributed by atoms with Gasteiger partial charge in [-0.2, -0.15) is 9.97 Å². The molecule has 11 heteroatoms. The van der Waals surface area contributed by atoms with Crippen molar-refractivity contribution in [1.82, 2.24) is 24.6 Å². The molecule has 4 rings (SSSR count). The zero-order valence-corrected chi connectivity index (χ0v) is 20.0. The van der Waals surface area contributed by atoms with E-state index in [-0.39, 0.29) is 11.7 Å². The van der Waals surface area contributed by atoms with E-state index >= 15 is 0 Å². The minimum absolute atomic E-state index is 0.102. The Hall–Kier alpha value is -3.08. The first kappa shape index (κ1) is 23.1. The maximum atomic E-state index is 12.6. The van der Waals surface area contributed by atoms with E-state index in [9.17, 15) is 4.79 Å². The number of rotatable bonds is 9. The second-order valence-electron chi connectivity index (χ2n) is 7.83. The second-order valence-corrected chi connectivity index (χ2v) is 8.78. The molecule has 176 valence electrons. The lowest BCUT2D eigenvalue weighted by atomic mass is 10.2. The third-order valence-corrected chi connectivity index (χ3v) is 6.30. The molecule has 3 aromatic rings. The molecular weight excluding hydrogens is 438 g/mol. The molecule has 2 aromatic heterocycles. The number of anilines is 4. The van der Waals surface area contributed by atoms with Crippen LogP contribution in [0.25, 0.3) is 5.78 Å². The molecule has 3 heterocycles. The highest BCUT2D eigenvalue weighted by molar-refractivity contribution is 7.99. The lowest BCUT2D eigenvalue weighted by molar-refractivity contribution is -0.113. The molecule has 0 radical (unpaired) electrons. The second kappa shape index (κ2) is 11.2. The number of fused-ring (bicyclic) bond motifs is 1. The monoisotopic (exact) mass is 469 g/mol. The number of carbonyl (C=O) groups excluding carboxylic acids is 1. The Labute approximate surface area is 198 Å². The third-order valence-electron chi connectivity index (χ3n) is 5.37. The van der Waals surface area contributed by atoms with E-state index < -0.39 is 0 Å². The van der Waals surface area contributed by atoms with E-state index in [1.807, 2.05) is 26.0 Å². The zero-order valence-electron chi connectivity index (χ0n) is 19.2. The summed E-state index contributed by atoms with van der Waals surface area (Å²) in [4.78, 5) is 23.9. The van der Waals surface area contributed by atoms with Crippen LogP contribution in [0.1, 0.15) is 39.5 Å². The molecule has 0 atom stereocenters. The summed E-state index contributed by atoms with van der Waals surface area (Å²) in [6.07, 6.45) is 5.10. The normalized spacial score (nSPS) is 14.2. The van der Waals surface area contributed by atoms with Crippen LogP contribution in [0.2, 0.25) is 0 Å². The lowest BCUT2D eigenvalue weighted by Crippen LogP contribution is -2.23. The van der Waals surface area contributed by atoms with Crippen LogP contribution < -0.4 is 20.9 Å². The van der Waals surface area contributed by atoms with Crippen molar-refractivity contribution in [1.29, 1.82) is 0 Å². The van der Waals surface area contributed by atoms with Gasteiger partial charge in [0.25, 0.3) is 5.78 Å². The molecule has 0 aliphatic carbocycles. The van der Waals surface area contributed by atoms with Gasteiger partial charge >= 0.3 is 0 Å². The van der Waals surface area contributed by atoms with E-state index in [4.69, 9.17) is 0 Å². The van der Waals surface area contributed by atoms with Crippen LogP contribution in [-0.2, 0) is 4.79 Å². The minimum atomic E-state index is -0.102. The number of nitrogens with zero attached hydrogens (tertiary/aromatic N) is 6. The van der Waals surface area contributed by atoms with E-state index in [2.05, 4.69) is 53.1 Å². The van der Waals surface area contributed by atoms with Crippen LogP contribution >= 0.6 is 11.8 Å². The van der Waals surface area contributed by atoms with E-state index in [0.29, 0.717) is 35.9 Å². The number of benzene rings is 1. The van der Waals surface area contributed by atoms with Crippen LogP contribution in [0, 0.1) is 0 Å². The Bertz CT molecular complexity index is 1060. The highest BCUT2D eigenvalue weighted by Crippen LogP contribution is 2.23. The molecule has 0 saturated carbocycles. The van der Waals surface area contributed by atoms with Gasteiger partial charge in [0.1, 0.15) is 0 Å². The summed E-state index contributed by atoms with van der Waals surface area (Å²) < 4.78 is 1.73. The topological polar surface area (TPSA) is 112 Å². The summed E-state index contributed by atoms with van der Waals surface area (Å²) >= 11 is 1.30. The first-order valence-corrected chi connectivity index (χ1v) is 12.5. The largest absolute Gasteiger partial charge is 0.372 e. The molecule has 1 aliphatic heterocycles. The van der Waals surface area contributed by atoms with Crippen LogP contribution in [0.5, 0.6) is 0 Å². The summed E-state index contributed by atoms with van der Waals surface area (Å²) in [6.45, 7) is 7.56. The molecule has 0 spiro atoms. The molecule has 3 N–H and O–H groups in total. The number of hydrogen-bond acceptors (Lipinski definition) is 9. The number of nitrogens with one attached hydrogen (secondary N) is 3. The van der Waals surface area contributed by atoms with Crippen LogP contribution in [0.3, 0.4) is 0 Å². The van der Waals surface area contributed by atoms with E-state index in [1.54, 1.807) is 4.40 Å². The Kier molecular flexibility index (Phi) is 7.82. The van der Waals surface area contributed by atoms with Crippen molar-refractivity contribution in [3.63, 3.8) is 0 Å². The van der Waals surface area contributed by atoms with Crippen molar-refractivity contribution >= 4 is 46.7 Å². The summed E-state index contributed by atoms with van der Waals surface area (Å²) in [5, 5.41) is 18.2. The fraction of sp³-hybridized carbons (Fsp3) is 0.500. The molecule has 1 saturated heterocycles. The van der Waals surface area contributed by atoms with Gasteiger partial charge in [0.15, 0.2) is 5.16 Å². The van der Waals surface area contributed by atoms with Crippen LogP contribution in [0.15, 0.2) is 29.4 Å². The quantitative estimate of drug-likeness (QED) is 0.405. The maximum absolute atomic E-state index is 12.6. The lowest BCUT2D eigenvalue weighted by Gasteiger charge is -2.22. The molecule has 1 fully saturated rings. The van der Waals surface area contributed by atoms with Gasteiger partial charge in [-0.3, -0.25) is 4.79 Å². The maximum Gasteiger partial charge on any atom is 0.261 e. The van der Waals surface area contributed by atoms with E-state index in [0.717, 1.165) is 18.8 Å². The van der Waals surface area contributed by atoms with Crippen molar-refractivity contribution in [2.75, 3.05) is 52.8 Å². The molecule has 1 aliphatic rings. The van der Waals surface area contributed by atoms with Gasteiger partial charge < -0.3 is 20.9 Å². The van der Waals surface area contributed by atoms with Crippen LogP contribution in [0.4, 0.5) is 23.3 Å².